The van der Waals surface area contributed by atoms with Gasteiger partial charge in [0.2, 0.25) is 41.4 Å². The minimum absolute atomic E-state index is 0.0185. The van der Waals surface area contributed by atoms with Crippen molar-refractivity contribution in [1.29, 1.82) is 0 Å². The Bertz CT molecular complexity index is 1530. The van der Waals surface area contributed by atoms with Crippen LogP contribution in [0.3, 0.4) is 0 Å². The Kier molecular flexibility index (Phi) is 15.9. The number of hydrogen-bond acceptors (Lipinski definition) is 9. The van der Waals surface area contributed by atoms with Crippen molar-refractivity contribution >= 4 is 47.1 Å². The third-order valence-corrected chi connectivity index (χ3v) is 9.70. The molecule has 1 heterocycles. The number of nitrogens with zero attached hydrogens (tertiary/aromatic N) is 1. The lowest BCUT2D eigenvalue weighted by atomic mass is 9.69. The quantitative estimate of drug-likeness (QED) is 0.0744. The molecule has 0 aromatic heterocycles. The number of ketones is 1. The number of carbonyl (C=O) groups is 8. The van der Waals surface area contributed by atoms with E-state index in [9.17, 15) is 38.4 Å². The first-order valence-corrected chi connectivity index (χ1v) is 18.8. The molecule has 0 bridgehead atoms. The molecule has 2 fully saturated rings. The average molecular weight is 755 g/mol. The number of rotatable bonds is 20. The molecular weight excluding hydrogens is 696 g/mol. The number of likely N-dealkylation sites (tertiary alicyclic amines) is 1. The molecule has 2 aliphatic rings. The van der Waals surface area contributed by atoms with Crippen LogP contribution in [0.25, 0.3) is 0 Å². The van der Waals surface area contributed by atoms with Crippen molar-refractivity contribution in [2.24, 2.45) is 16.7 Å². The first kappa shape index (κ1) is 43.7. The second-order valence-electron chi connectivity index (χ2n) is 16.2. The van der Waals surface area contributed by atoms with Gasteiger partial charge in [-0.2, -0.15) is 0 Å². The predicted molar refractivity (Wildman–Crippen MR) is 199 cm³/mol. The van der Waals surface area contributed by atoms with Crippen LogP contribution in [0, 0.1) is 16.7 Å². The lowest BCUT2D eigenvalue weighted by Crippen LogP contribution is -2.54. The minimum atomic E-state index is -1.06. The van der Waals surface area contributed by atoms with E-state index in [4.69, 9.17) is 4.74 Å². The van der Waals surface area contributed by atoms with E-state index in [1.807, 2.05) is 47.6 Å². The lowest BCUT2D eigenvalue weighted by Gasteiger charge is -2.43. The van der Waals surface area contributed by atoms with Crippen LogP contribution in [0.1, 0.15) is 98.5 Å². The molecule has 1 saturated carbocycles. The first-order valence-electron chi connectivity index (χ1n) is 18.8. The number of nitrogens with one attached hydrogen (secondary N) is 5. The Morgan fingerprint density at radius 1 is 0.796 bits per heavy atom. The number of Topliss-reactive ketones (excluding diaryl/α,β-unsaturated/α-hetero) is 1. The van der Waals surface area contributed by atoms with E-state index in [-0.39, 0.29) is 67.4 Å². The van der Waals surface area contributed by atoms with Crippen LogP contribution in [-0.4, -0.2) is 96.6 Å². The van der Waals surface area contributed by atoms with Crippen LogP contribution in [0.2, 0.25) is 0 Å². The summed E-state index contributed by atoms with van der Waals surface area (Å²) in [5.41, 5.74) is -1.04. The van der Waals surface area contributed by atoms with Crippen LogP contribution in [0.15, 0.2) is 30.3 Å². The molecule has 15 nitrogen and oxygen atoms in total. The number of hydrogen-bond donors (Lipinski definition) is 5. The maximum Gasteiger partial charge on any atom is 0.243 e. The standard InChI is InChI=1S/C39H58N6O9/c1-37(2,3)27-21-33(50)45(35(27)52)19-12-8-11-16-29(46)40-22-30(47)41-24-32(49)44-28(20-26-14-9-7-10-15-26)34(51)42-23-31(48)43-25-54-39(17-13-18-39)36(53)38(4,5)6/h7,9-10,14-15,27-28H,8,11-13,16-25H2,1-6H3,(H,40,46)(H,41,47)(H,42,51)(H,43,48)(H,44,49)/t27?,28-/m0/s1. The number of amides is 7. The predicted octanol–water partition coefficient (Wildman–Crippen LogP) is 1.67. The maximum absolute atomic E-state index is 13.1. The van der Waals surface area contributed by atoms with Crippen LogP contribution < -0.4 is 26.6 Å². The molecule has 1 aliphatic heterocycles. The number of carbonyl (C=O) groups excluding carboxylic acids is 8. The molecule has 0 radical (unpaired) electrons. The molecule has 1 aromatic rings. The molecule has 15 heteroatoms. The Labute approximate surface area is 317 Å². The molecule has 298 valence electrons. The highest BCUT2D eigenvalue weighted by Crippen LogP contribution is 2.41. The lowest BCUT2D eigenvalue weighted by molar-refractivity contribution is -0.168. The number of imide groups is 1. The normalized spacial score (nSPS) is 17.2. The van der Waals surface area contributed by atoms with E-state index >= 15 is 0 Å². The summed E-state index contributed by atoms with van der Waals surface area (Å²) in [6.45, 7) is 10.2. The average Bonchev–Trinajstić information content (AvgIpc) is 3.38. The van der Waals surface area contributed by atoms with Crippen molar-refractivity contribution in [2.45, 2.75) is 111 Å². The second-order valence-corrected chi connectivity index (χ2v) is 16.2. The third-order valence-electron chi connectivity index (χ3n) is 9.70. The van der Waals surface area contributed by atoms with Crippen molar-refractivity contribution in [2.75, 3.05) is 32.9 Å². The molecule has 1 saturated heterocycles. The Morgan fingerprint density at radius 2 is 1.41 bits per heavy atom. The SMILES string of the molecule is CC(C)(C)C(=O)C1(OCNC(=O)CNC(=O)[C@H](Cc2ccccc2)NC(=O)CNC(=O)CNC(=O)CCCCCN2C(=O)CC(C(C)(C)C)C2=O)CCC1. The van der Waals surface area contributed by atoms with E-state index in [1.165, 1.54) is 4.90 Å². The van der Waals surface area contributed by atoms with Gasteiger partial charge in [-0.15, -0.1) is 0 Å². The van der Waals surface area contributed by atoms with Crippen molar-refractivity contribution in [1.82, 2.24) is 31.5 Å². The van der Waals surface area contributed by atoms with Gasteiger partial charge in [-0.25, -0.2) is 0 Å². The summed E-state index contributed by atoms with van der Waals surface area (Å²) >= 11 is 0. The maximum atomic E-state index is 13.1. The largest absolute Gasteiger partial charge is 0.347 e. The highest BCUT2D eigenvalue weighted by atomic mass is 16.5. The summed E-state index contributed by atoms with van der Waals surface area (Å²) < 4.78 is 5.82. The molecule has 3 rings (SSSR count). The molecule has 0 spiro atoms. The monoisotopic (exact) mass is 754 g/mol. The Balaban J connectivity index is 1.36. The van der Waals surface area contributed by atoms with Crippen molar-refractivity contribution in [3.63, 3.8) is 0 Å². The zero-order chi connectivity index (χ0) is 40.1. The van der Waals surface area contributed by atoms with Crippen LogP contribution in [-0.2, 0) is 49.5 Å². The van der Waals surface area contributed by atoms with Gasteiger partial charge in [0, 0.05) is 31.2 Å². The summed E-state index contributed by atoms with van der Waals surface area (Å²) in [6, 6.07) is 7.89. The first-order chi connectivity index (χ1) is 25.3. The van der Waals surface area contributed by atoms with Crippen molar-refractivity contribution in [3.8, 4) is 0 Å². The fraction of sp³-hybridized carbons (Fsp3) is 0.641. The summed E-state index contributed by atoms with van der Waals surface area (Å²) in [4.78, 5) is 102. The van der Waals surface area contributed by atoms with Crippen molar-refractivity contribution in [3.05, 3.63) is 35.9 Å². The van der Waals surface area contributed by atoms with Crippen LogP contribution >= 0.6 is 0 Å². The van der Waals surface area contributed by atoms with E-state index < -0.39 is 53.8 Å². The number of unbranched alkanes of at least 4 members (excludes halogenated alkanes) is 2. The summed E-state index contributed by atoms with van der Waals surface area (Å²) in [6.07, 6.45) is 4.22. The molecule has 7 amide bonds. The zero-order valence-corrected chi connectivity index (χ0v) is 32.6. The fourth-order valence-corrected chi connectivity index (χ4v) is 6.37. The number of benzene rings is 1. The molecule has 1 aliphatic carbocycles. The molecule has 2 atom stereocenters. The van der Waals surface area contributed by atoms with Gasteiger partial charge in [0.1, 0.15) is 18.4 Å². The van der Waals surface area contributed by atoms with Crippen LogP contribution in [0.5, 0.6) is 0 Å². The highest BCUT2D eigenvalue weighted by Gasteiger charge is 2.49. The Morgan fingerprint density at radius 3 is 2.00 bits per heavy atom. The summed E-state index contributed by atoms with van der Waals surface area (Å²) in [5.74, 6) is -3.41. The van der Waals surface area contributed by atoms with E-state index in [0.717, 1.165) is 12.0 Å². The second kappa shape index (κ2) is 19.6. The fourth-order valence-electron chi connectivity index (χ4n) is 6.37. The van der Waals surface area contributed by atoms with Gasteiger partial charge >= 0.3 is 0 Å². The van der Waals surface area contributed by atoms with Gasteiger partial charge in [0.15, 0.2) is 5.78 Å². The molecule has 5 N–H and O–H groups in total. The van der Waals surface area contributed by atoms with Gasteiger partial charge < -0.3 is 31.3 Å². The molecule has 54 heavy (non-hydrogen) atoms. The van der Waals surface area contributed by atoms with Gasteiger partial charge in [0.05, 0.1) is 25.6 Å². The molecule has 1 unspecified atom stereocenters. The van der Waals surface area contributed by atoms with Gasteiger partial charge in [-0.3, -0.25) is 43.3 Å². The Hall–Kier alpha value is -4.66. The van der Waals surface area contributed by atoms with Crippen molar-refractivity contribution < 1.29 is 43.1 Å². The van der Waals surface area contributed by atoms with Gasteiger partial charge in [-0.1, -0.05) is 78.3 Å². The van der Waals surface area contributed by atoms with Crippen LogP contribution in [0.4, 0.5) is 0 Å². The zero-order valence-electron chi connectivity index (χ0n) is 32.6. The van der Waals surface area contributed by atoms with Gasteiger partial charge in [0.25, 0.3) is 0 Å². The molecule has 1 aromatic carbocycles. The molecular formula is C39H58N6O9. The van der Waals surface area contributed by atoms with E-state index in [2.05, 4.69) is 26.6 Å². The smallest absolute Gasteiger partial charge is 0.243 e. The summed E-state index contributed by atoms with van der Waals surface area (Å²) in [5, 5.41) is 12.6. The third kappa shape index (κ3) is 13.3. The van der Waals surface area contributed by atoms with E-state index in [0.29, 0.717) is 38.6 Å². The highest BCUT2D eigenvalue weighted by molar-refractivity contribution is 6.04. The minimum Gasteiger partial charge on any atom is -0.347 e. The summed E-state index contributed by atoms with van der Waals surface area (Å²) in [7, 11) is 0. The van der Waals surface area contributed by atoms with Gasteiger partial charge in [-0.05, 0) is 43.1 Å². The van der Waals surface area contributed by atoms with E-state index in [1.54, 1.807) is 24.3 Å². The topological polar surface area (TPSA) is 209 Å². The number of ether oxygens (including phenoxy) is 1.